The van der Waals surface area contributed by atoms with E-state index < -0.39 is 17.8 Å². The van der Waals surface area contributed by atoms with Crippen LogP contribution in [-0.2, 0) is 4.79 Å². The highest BCUT2D eigenvalue weighted by atomic mass is 79.9. The lowest BCUT2D eigenvalue weighted by Gasteiger charge is -2.14. The molecule has 8 nitrogen and oxygen atoms in total. The van der Waals surface area contributed by atoms with Gasteiger partial charge < -0.3 is 20.5 Å². The standard InChI is InChI=1S/C23H18BrN3O5/c1-32-20-9-8-15(23(30)31)12-18(20)26-22(29)19(11-14-5-4-10-25-13-14)27-21(28)16-6-2-3-7-17(16)24/h2-13H,1H3,(H,26,29)(H,27,28)(H,30,31)/b19-11-. The number of amides is 2. The molecule has 9 heteroatoms. The smallest absolute Gasteiger partial charge is 0.335 e. The van der Waals surface area contributed by atoms with Gasteiger partial charge in [0.2, 0.25) is 0 Å². The predicted molar refractivity (Wildman–Crippen MR) is 122 cm³/mol. The Hall–Kier alpha value is -3.98. The van der Waals surface area contributed by atoms with Crippen LogP contribution >= 0.6 is 15.9 Å². The molecule has 1 heterocycles. The van der Waals surface area contributed by atoms with Crippen molar-refractivity contribution in [2.45, 2.75) is 0 Å². The summed E-state index contributed by atoms with van der Waals surface area (Å²) in [6.07, 6.45) is 4.58. The molecule has 0 saturated carbocycles. The highest BCUT2D eigenvalue weighted by Gasteiger charge is 2.19. The molecule has 0 unspecified atom stereocenters. The van der Waals surface area contributed by atoms with Crippen LogP contribution in [0, 0.1) is 0 Å². The third kappa shape index (κ3) is 5.58. The number of nitrogens with one attached hydrogen (secondary N) is 2. The fourth-order valence-electron chi connectivity index (χ4n) is 2.75. The van der Waals surface area contributed by atoms with E-state index >= 15 is 0 Å². The third-order valence-electron chi connectivity index (χ3n) is 4.30. The number of carboxylic acid groups (broad SMARTS) is 1. The Labute approximate surface area is 192 Å². The Kier molecular flexibility index (Phi) is 7.35. The maximum atomic E-state index is 13.1. The summed E-state index contributed by atoms with van der Waals surface area (Å²) in [5.41, 5.74) is 0.960. The molecule has 0 fully saturated rings. The Balaban J connectivity index is 1.95. The van der Waals surface area contributed by atoms with Crippen molar-refractivity contribution < 1.29 is 24.2 Å². The summed E-state index contributed by atoms with van der Waals surface area (Å²) >= 11 is 3.32. The fraction of sp³-hybridized carbons (Fsp3) is 0.0435. The fourth-order valence-corrected chi connectivity index (χ4v) is 3.21. The van der Waals surface area contributed by atoms with Gasteiger partial charge in [-0.3, -0.25) is 14.6 Å². The molecule has 3 N–H and O–H groups in total. The summed E-state index contributed by atoms with van der Waals surface area (Å²) in [5.74, 6) is -2.07. The maximum absolute atomic E-state index is 13.1. The second-order valence-electron chi connectivity index (χ2n) is 6.45. The summed E-state index contributed by atoms with van der Waals surface area (Å²) in [6, 6.07) is 14.3. The van der Waals surface area contributed by atoms with Gasteiger partial charge in [-0.25, -0.2) is 4.79 Å². The molecule has 0 aliphatic heterocycles. The number of carbonyl (C=O) groups excluding carboxylic acids is 2. The van der Waals surface area contributed by atoms with Crippen LogP contribution in [0.5, 0.6) is 5.75 Å². The average Bonchev–Trinajstić information content (AvgIpc) is 2.79. The summed E-state index contributed by atoms with van der Waals surface area (Å²) in [4.78, 5) is 41.2. The largest absolute Gasteiger partial charge is 0.495 e. The highest BCUT2D eigenvalue weighted by Crippen LogP contribution is 2.26. The number of aromatic nitrogens is 1. The highest BCUT2D eigenvalue weighted by molar-refractivity contribution is 9.10. The minimum Gasteiger partial charge on any atom is -0.495 e. The third-order valence-corrected chi connectivity index (χ3v) is 4.99. The van der Waals surface area contributed by atoms with Gasteiger partial charge in [-0.05, 0) is 64.0 Å². The second kappa shape index (κ2) is 10.4. The Morgan fingerprint density at radius 1 is 1.09 bits per heavy atom. The number of pyridine rings is 1. The van der Waals surface area contributed by atoms with Crippen LogP contribution < -0.4 is 15.4 Å². The average molecular weight is 496 g/mol. The Morgan fingerprint density at radius 3 is 2.53 bits per heavy atom. The number of halogens is 1. The van der Waals surface area contributed by atoms with E-state index in [0.717, 1.165) is 0 Å². The molecule has 0 bridgehead atoms. The van der Waals surface area contributed by atoms with Crippen molar-refractivity contribution in [1.29, 1.82) is 0 Å². The van der Waals surface area contributed by atoms with E-state index in [1.165, 1.54) is 37.6 Å². The molecule has 1 aromatic heterocycles. The summed E-state index contributed by atoms with van der Waals surface area (Å²) in [7, 11) is 1.40. The molecule has 0 radical (unpaired) electrons. The van der Waals surface area contributed by atoms with Crippen molar-refractivity contribution in [3.8, 4) is 5.75 Å². The van der Waals surface area contributed by atoms with Crippen LogP contribution in [0.15, 0.2) is 77.2 Å². The van der Waals surface area contributed by atoms with E-state index in [1.807, 2.05) is 0 Å². The van der Waals surface area contributed by atoms with E-state index in [0.29, 0.717) is 15.6 Å². The van der Waals surface area contributed by atoms with Crippen LogP contribution in [0.2, 0.25) is 0 Å². The van der Waals surface area contributed by atoms with Crippen LogP contribution in [0.1, 0.15) is 26.3 Å². The van der Waals surface area contributed by atoms with Gasteiger partial charge in [-0.2, -0.15) is 0 Å². The molecular weight excluding hydrogens is 478 g/mol. The topological polar surface area (TPSA) is 118 Å². The van der Waals surface area contributed by atoms with Crippen LogP contribution in [0.25, 0.3) is 6.08 Å². The molecule has 32 heavy (non-hydrogen) atoms. The van der Waals surface area contributed by atoms with E-state index in [1.54, 1.807) is 42.6 Å². The predicted octanol–water partition coefficient (Wildman–Crippen LogP) is 3.96. The number of carbonyl (C=O) groups is 3. The van der Waals surface area contributed by atoms with Gasteiger partial charge in [0.15, 0.2) is 0 Å². The molecule has 0 saturated heterocycles. The molecule has 0 atom stereocenters. The van der Waals surface area contributed by atoms with Crippen molar-refractivity contribution in [2.24, 2.45) is 0 Å². The Morgan fingerprint density at radius 2 is 1.88 bits per heavy atom. The van der Waals surface area contributed by atoms with Gasteiger partial charge in [0.1, 0.15) is 11.4 Å². The lowest BCUT2D eigenvalue weighted by atomic mass is 10.1. The summed E-state index contributed by atoms with van der Waals surface area (Å²) < 4.78 is 5.78. The first-order valence-electron chi connectivity index (χ1n) is 9.29. The van der Waals surface area contributed by atoms with Crippen molar-refractivity contribution >= 4 is 45.5 Å². The van der Waals surface area contributed by atoms with Crippen molar-refractivity contribution in [2.75, 3.05) is 12.4 Å². The lowest BCUT2D eigenvalue weighted by molar-refractivity contribution is -0.113. The zero-order chi connectivity index (χ0) is 23.1. The van der Waals surface area contributed by atoms with Crippen molar-refractivity contribution in [3.63, 3.8) is 0 Å². The summed E-state index contributed by atoms with van der Waals surface area (Å²) in [6.45, 7) is 0. The molecule has 3 aromatic rings. The zero-order valence-corrected chi connectivity index (χ0v) is 18.4. The van der Waals surface area contributed by atoms with Gasteiger partial charge in [-0.1, -0.05) is 18.2 Å². The van der Waals surface area contributed by atoms with Crippen LogP contribution in [-0.4, -0.2) is 35.0 Å². The number of hydrogen-bond donors (Lipinski definition) is 3. The zero-order valence-electron chi connectivity index (χ0n) is 16.8. The molecule has 2 aromatic carbocycles. The number of benzene rings is 2. The van der Waals surface area contributed by atoms with E-state index in [9.17, 15) is 19.5 Å². The molecule has 3 rings (SSSR count). The van der Waals surface area contributed by atoms with Crippen LogP contribution in [0.3, 0.4) is 0 Å². The van der Waals surface area contributed by atoms with Crippen molar-refractivity contribution in [1.82, 2.24) is 10.3 Å². The maximum Gasteiger partial charge on any atom is 0.335 e. The number of hydrogen-bond acceptors (Lipinski definition) is 5. The number of carboxylic acids is 1. The number of ether oxygens (including phenoxy) is 1. The van der Waals surface area contributed by atoms with Crippen molar-refractivity contribution in [3.05, 3.63) is 93.9 Å². The van der Waals surface area contributed by atoms with Crippen LogP contribution in [0.4, 0.5) is 5.69 Å². The van der Waals surface area contributed by atoms with Gasteiger partial charge in [0.05, 0.1) is 23.9 Å². The summed E-state index contributed by atoms with van der Waals surface area (Å²) in [5, 5.41) is 14.5. The number of rotatable bonds is 7. The second-order valence-corrected chi connectivity index (χ2v) is 7.31. The molecule has 0 aliphatic rings. The molecular formula is C23H18BrN3O5. The number of methoxy groups -OCH3 is 1. The van der Waals surface area contributed by atoms with Gasteiger partial charge >= 0.3 is 5.97 Å². The van der Waals surface area contributed by atoms with Gasteiger partial charge in [-0.15, -0.1) is 0 Å². The normalized spacial score (nSPS) is 10.9. The Bertz CT molecular complexity index is 1200. The van der Waals surface area contributed by atoms with E-state index in [4.69, 9.17) is 4.74 Å². The van der Waals surface area contributed by atoms with E-state index in [-0.39, 0.29) is 22.7 Å². The minimum absolute atomic E-state index is 0.0314. The molecule has 162 valence electrons. The first-order valence-corrected chi connectivity index (χ1v) is 10.1. The minimum atomic E-state index is -1.16. The molecule has 0 aliphatic carbocycles. The SMILES string of the molecule is COc1ccc(C(=O)O)cc1NC(=O)/C(=C/c1cccnc1)NC(=O)c1ccccc1Br. The van der Waals surface area contributed by atoms with E-state index in [2.05, 4.69) is 31.5 Å². The first-order chi connectivity index (χ1) is 15.4. The molecule has 0 spiro atoms. The monoisotopic (exact) mass is 495 g/mol. The number of nitrogens with zero attached hydrogens (tertiary/aromatic N) is 1. The van der Waals surface area contributed by atoms with Gasteiger partial charge in [0, 0.05) is 16.9 Å². The first kappa shape index (κ1) is 22.7. The number of aromatic carboxylic acids is 1. The number of anilines is 1. The molecule has 2 amide bonds. The lowest BCUT2D eigenvalue weighted by Crippen LogP contribution is -2.31. The van der Waals surface area contributed by atoms with Gasteiger partial charge in [0.25, 0.3) is 11.8 Å². The quantitative estimate of drug-likeness (QED) is 0.427.